The fourth-order valence-corrected chi connectivity index (χ4v) is 2.01. The Hall–Kier alpha value is -2.08. The highest BCUT2D eigenvalue weighted by molar-refractivity contribution is 5.78. The molecular weight excluding hydrogens is 256 g/mol. The minimum absolute atomic E-state index is 0.0575. The lowest BCUT2D eigenvalue weighted by Crippen LogP contribution is -2.40. The first-order valence-corrected chi connectivity index (χ1v) is 6.69. The third-order valence-corrected chi connectivity index (χ3v) is 3.12. The lowest BCUT2D eigenvalue weighted by molar-refractivity contribution is 0.230. The Labute approximate surface area is 117 Å². The Morgan fingerprint density at radius 1 is 1.50 bits per heavy atom. The number of H-pyrrole nitrogens is 1. The van der Waals surface area contributed by atoms with E-state index in [4.69, 9.17) is 5.11 Å². The molecule has 4 N–H and O–H groups in total. The zero-order valence-corrected chi connectivity index (χ0v) is 11.7. The summed E-state index contributed by atoms with van der Waals surface area (Å²) in [6.45, 7) is 4.25. The third kappa shape index (κ3) is 3.48. The highest BCUT2D eigenvalue weighted by atomic mass is 16.3. The van der Waals surface area contributed by atoms with Gasteiger partial charge >= 0.3 is 6.03 Å². The van der Waals surface area contributed by atoms with Gasteiger partial charge in [-0.05, 0) is 31.9 Å². The molecule has 0 saturated carbocycles. The fourth-order valence-electron chi connectivity index (χ4n) is 2.01. The first kappa shape index (κ1) is 14.3. The molecule has 0 aliphatic carbocycles. The zero-order chi connectivity index (χ0) is 14.5. The van der Waals surface area contributed by atoms with Crippen LogP contribution in [-0.2, 0) is 6.54 Å². The molecule has 0 aliphatic rings. The SMILES string of the molecule is Cc1cccc2[nH]c(CNC(=O)N[C@H](C)CCO)nc12. The van der Waals surface area contributed by atoms with Gasteiger partial charge in [-0.25, -0.2) is 9.78 Å². The number of imidazole rings is 1. The number of urea groups is 1. The molecule has 1 aromatic heterocycles. The number of rotatable bonds is 5. The summed E-state index contributed by atoms with van der Waals surface area (Å²) in [6, 6.07) is 5.61. The number of hydrogen-bond acceptors (Lipinski definition) is 3. The van der Waals surface area contributed by atoms with Crippen LogP contribution in [0.25, 0.3) is 11.0 Å². The fraction of sp³-hybridized carbons (Fsp3) is 0.429. The van der Waals surface area contributed by atoms with Crippen LogP contribution in [-0.4, -0.2) is 33.8 Å². The van der Waals surface area contributed by atoms with E-state index in [0.717, 1.165) is 22.4 Å². The molecular formula is C14H20N4O2. The first-order chi connectivity index (χ1) is 9.60. The predicted molar refractivity (Wildman–Crippen MR) is 77.4 cm³/mol. The van der Waals surface area contributed by atoms with Crippen LogP contribution in [0.5, 0.6) is 0 Å². The highest BCUT2D eigenvalue weighted by Crippen LogP contribution is 2.15. The van der Waals surface area contributed by atoms with Crippen molar-refractivity contribution in [1.29, 1.82) is 0 Å². The van der Waals surface area contributed by atoms with E-state index in [-0.39, 0.29) is 18.7 Å². The van der Waals surface area contributed by atoms with Crippen molar-refractivity contribution in [3.8, 4) is 0 Å². The van der Waals surface area contributed by atoms with E-state index < -0.39 is 0 Å². The first-order valence-electron chi connectivity index (χ1n) is 6.69. The Morgan fingerprint density at radius 2 is 2.30 bits per heavy atom. The van der Waals surface area contributed by atoms with Gasteiger partial charge in [-0.3, -0.25) is 0 Å². The summed E-state index contributed by atoms with van der Waals surface area (Å²) in [6.07, 6.45) is 0.539. The molecule has 2 aromatic rings. The van der Waals surface area contributed by atoms with Gasteiger partial charge in [-0.15, -0.1) is 0 Å². The summed E-state index contributed by atoms with van der Waals surface area (Å²) in [5, 5.41) is 14.3. The molecule has 6 heteroatoms. The highest BCUT2D eigenvalue weighted by Gasteiger charge is 2.08. The van der Waals surface area contributed by atoms with Gasteiger partial charge in [0.2, 0.25) is 0 Å². The van der Waals surface area contributed by atoms with Crippen LogP contribution in [0.15, 0.2) is 18.2 Å². The van der Waals surface area contributed by atoms with Crippen LogP contribution in [0.3, 0.4) is 0 Å². The molecule has 1 heterocycles. The normalized spacial score (nSPS) is 12.3. The smallest absolute Gasteiger partial charge is 0.315 e. The number of para-hydroxylation sites is 1. The standard InChI is InChI=1S/C14H20N4O2/c1-9-4-3-5-11-13(9)18-12(17-11)8-15-14(20)16-10(2)6-7-19/h3-5,10,19H,6-8H2,1-2H3,(H,17,18)(H2,15,16,20)/t10-/m1/s1. The van der Waals surface area contributed by atoms with E-state index in [2.05, 4.69) is 20.6 Å². The number of aliphatic hydroxyl groups is 1. The monoisotopic (exact) mass is 276 g/mol. The van der Waals surface area contributed by atoms with Crippen molar-refractivity contribution in [2.45, 2.75) is 32.9 Å². The van der Waals surface area contributed by atoms with Gasteiger partial charge in [0, 0.05) is 12.6 Å². The molecule has 0 spiro atoms. The summed E-state index contributed by atoms with van der Waals surface area (Å²) in [4.78, 5) is 19.3. The second-order valence-corrected chi connectivity index (χ2v) is 4.89. The average Bonchev–Trinajstić information content (AvgIpc) is 2.81. The van der Waals surface area contributed by atoms with E-state index in [9.17, 15) is 4.79 Å². The second kappa shape index (κ2) is 6.38. The lowest BCUT2D eigenvalue weighted by Gasteiger charge is -2.12. The van der Waals surface area contributed by atoms with Crippen molar-refractivity contribution in [3.05, 3.63) is 29.6 Å². The van der Waals surface area contributed by atoms with Gasteiger partial charge in [0.1, 0.15) is 5.82 Å². The van der Waals surface area contributed by atoms with Crippen LogP contribution < -0.4 is 10.6 Å². The molecule has 2 rings (SSSR count). The van der Waals surface area contributed by atoms with Crippen molar-refractivity contribution in [2.24, 2.45) is 0 Å². The number of aryl methyl sites for hydroxylation is 1. The molecule has 20 heavy (non-hydrogen) atoms. The number of aliphatic hydroxyl groups excluding tert-OH is 1. The molecule has 0 saturated heterocycles. The van der Waals surface area contributed by atoms with Crippen LogP contribution in [0, 0.1) is 6.92 Å². The van der Waals surface area contributed by atoms with E-state index in [1.807, 2.05) is 32.0 Å². The van der Waals surface area contributed by atoms with Crippen LogP contribution in [0.4, 0.5) is 4.79 Å². The minimum Gasteiger partial charge on any atom is -0.396 e. The maximum Gasteiger partial charge on any atom is 0.315 e. The number of carbonyl (C=O) groups is 1. The van der Waals surface area contributed by atoms with Crippen LogP contribution in [0.1, 0.15) is 24.7 Å². The Balaban J connectivity index is 1.92. The van der Waals surface area contributed by atoms with Gasteiger partial charge in [-0.1, -0.05) is 12.1 Å². The van der Waals surface area contributed by atoms with Crippen molar-refractivity contribution < 1.29 is 9.90 Å². The Kier molecular flexibility index (Phi) is 4.57. The van der Waals surface area contributed by atoms with Crippen molar-refractivity contribution in [2.75, 3.05) is 6.61 Å². The topological polar surface area (TPSA) is 90.0 Å². The summed E-state index contributed by atoms with van der Waals surface area (Å²) in [5.74, 6) is 0.722. The summed E-state index contributed by atoms with van der Waals surface area (Å²) in [5.41, 5.74) is 3.00. The van der Waals surface area contributed by atoms with Crippen LogP contribution in [0.2, 0.25) is 0 Å². The number of nitrogens with zero attached hydrogens (tertiary/aromatic N) is 1. The van der Waals surface area contributed by atoms with Crippen molar-refractivity contribution in [1.82, 2.24) is 20.6 Å². The number of hydrogen-bond donors (Lipinski definition) is 4. The second-order valence-electron chi connectivity index (χ2n) is 4.89. The van der Waals surface area contributed by atoms with Gasteiger partial charge in [-0.2, -0.15) is 0 Å². The number of aromatic nitrogens is 2. The molecule has 0 fully saturated rings. The molecule has 6 nitrogen and oxygen atoms in total. The van der Waals surface area contributed by atoms with Gasteiger partial charge in [0.15, 0.2) is 0 Å². The largest absolute Gasteiger partial charge is 0.396 e. The Bertz CT molecular complexity index is 594. The quantitative estimate of drug-likeness (QED) is 0.666. The third-order valence-electron chi connectivity index (χ3n) is 3.12. The molecule has 0 aliphatic heterocycles. The molecule has 0 bridgehead atoms. The summed E-state index contributed by atoms with van der Waals surface area (Å²) in [7, 11) is 0. The zero-order valence-electron chi connectivity index (χ0n) is 11.7. The number of carbonyl (C=O) groups excluding carboxylic acids is 1. The van der Waals surface area contributed by atoms with Crippen molar-refractivity contribution in [3.63, 3.8) is 0 Å². The van der Waals surface area contributed by atoms with E-state index in [1.54, 1.807) is 0 Å². The number of amides is 2. The number of benzene rings is 1. The average molecular weight is 276 g/mol. The summed E-state index contributed by atoms with van der Waals surface area (Å²) < 4.78 is 0. The van der Waals surface area contributed by atoms with E-state index in [1.165, 1.54) is 0 Å². The predicted octanol–water partition coefficient (Wildman–Crippen LogP) is 1.44. The molecule has 0 radical (unpaired) electrons. The van der Waals surface area contributed by atoms with Crippen molar-refractivity contribution >= 4 is 17.1 Å². The van der Waals surface area contributed by atoms with E-state index >= 15 is 0 Å². The molecule has 1 atom stereocenters. The number of nitrogens with one attached hydrogen (secondary N) is 3. The summed E-state index contributed by atoms with van der Waals surface area (Å²) >= 11 is 0. The Morgan fingerprint density at radius 3 is 3.00 bits per heavy atom. The molecule has 2 amide bonds. The maximum absolute atomic E-state index is 11.6. The molecule has 1 aromatic carbocycles. The van der Waals surface area contributed by atoms with Crippen LogP contribution >= 0.6 is 0 Å². The van der Waals surface area contributed by atoms with Gasteiger partial charge < -0.3 is 20.7 Å². The molecule has 108 valence electrons. The molecule has 0 unspecified atom stereocenters. The van der Waals surface area contributed by atoms with Gasteiger partial charge in [0.05, 0.1) is 17.6 Å². The maximum atomic E-state index is 11.6. The van der Waals surface area contributed by atoms with E-state index in [0.29, 0.717) is 13.0 Å². The van der Waals surface area contributed by atoms with Gasteiger partial charge in [0.25, 0.3) is 0 Å². The minimum atomic E-state index is -0.261. The number of aromatic amines is 1. The number of fused-ring (bicyclic) bond motifs is 1. The lowest BCUT2D eigenvalue weighted by atomic mass is 10.2.